The van der Waals surface area contributed by atoms with Crippen LogP contribution in [0.4, 0.5) is 5.13 Å². The highest BCUT2D eigenvalue weighted by atomic mass is 79.9. The Hall–Kier alpha value is -2.21. The molecule has 0 spiro atoms. The van der Waals surface area contributed by atoms with Crippen LogP contribution >= 0.6 is 38.9 Å². The van der Waals surface area contributed by atoms with Crippen LogP contribution in [0.1, 0.15) is 21.5 Å². The largest absolute Gasteiger partial charge is 0.279 e. The van der Waals surface area contributed by atoms with Gasteiger partial charge in [0.15, 0.2) is 5.13 Å². The van der Waals surface area contributed by atoms with Crippen molar-refractivity contribution in [1.82, 2.24) is 4.98 Å². The summed E-state index contributed by atoms with van der Waals surface area (Å²) in [6.07, 6.45) is 0. The van der Waals surface area contributed by atoms with E-state index in [1.807, 2.05) is 73.7 Å². The molecule has 1 amide bonds. The zero-order valence-corrected chi connectivity index (χ0v) is 18.2. The van der Waals surface area contributed by atoms with Gasteiger partial charge in [-0.15, -0.1) is 0 Å². The highest BCUT2D eigenvalue weighted by molar-refractivity contribution is 9.10. The zero-order valence-electron chi connectivity index (χ0n) is 15.0. The Kier molecular flexibility index (Phi) is 5.49. The lowest BCUT2D eigenvalue weighted by molar-refractivity contribution is 0.0984. The summed E-state index contributed by atoms with van der Waals surface area (Å²) in [6, 6.07) is 21.2. The number of hydrogen-bond donors (Lipinski definition) is 0. The molecule has 0 radical (unpaired) electrons. The minimum atomic E-state index is -0.0980. The number of amides is 1. The third kappa shape index (κ3) is 3.70. The Balaban J connectivity index is 1.82. The van der Waals surface area contributed by atoms with Gasteiger partial charge in [0.05, 0.1) is 22.3 Å². The van der Waals surface area contributed by atoms with Crippen molar-refractivity contribution >= 4 is 60.1 Å². The van der Waals surface area contributed by atoms with Crippen LogP contribution in [-0.2, 0) is 6.54 Å². The second-order valence-electron chi connectivity index (χ2n) is 6.37. The van der Waals surface area contributed by atoms with Gasteiger partial charge in [0.1, 0.15) is 0 Å². The summed E-state index contributed by atoms with van der Waals surface area (Å²) in [7, 11) is 0. The van der Waals surface area contributed by atoms with Crippen LogP contribution in [-0.4, -0.2) is 10.9 Å². The first-order valence-electron chi connectivity index (χ1n) is 8.70. The normalized spacial score (nSPS) is 11.0. The fourth-order valence-corrected chi connectivity index (χ4v) is 4.61. The summed E-state index contributed by atoms with van der Waals surface area (Å²) in [5.41, 5.74) is 3.41. The number of nitrogens with zero attached hydrogens (tertiary/aromatic N) is 2. The first kappa shape index (κ1) is 19.1. The Morgan fingerprint density at radius 2 is 1.79 bits per heavy atom. The summed E-state index contributed by atoms with van der Waals surface area (Å²) < 4.78 is 1.77. The molecule has 1 aromatic heterocycles. The summed E-state index contributed by atoms with van der Waals surface area (Å²) in [6.45, 7) is 2.39. The number of hydrogen-bond acceptors (Lipinski definition) is 3. The number of carbonyl (C=O) groups excluding carboxylic acids is 1. The van der Waals surface area contributed by atoms with E-state index in [2.05, 4.69) is 15.9 Å². The lowest BCUT2D eigenvalue weighted by Crippen LogP contribution is -2.30. The molecule has 0 aliphatic rings. The van der Waals surface area contributed by atoms with Crippen molar-refractivity contribution < 1.29 is 4.79 Å². The van der Waals surface area contributed by atoms with Gasteiger partial charge < -0.3 is 0 Å². The van der Waals surface area contributed by atoms with E-state index in [9.17, 15) is 4.79 Å². The zero-order chi connectivity index (χ0) is 19.7. The number of aryl methyl sites for hydroxylation is 1. The molecular formula is C22H16BrClN2OS. The average Bonchev–Trinajstić information content (AvgIpc) is 3.14. The van der Waals surface area contributed by atoms with E-state index in [-0.39, 0.29) is 5.91 Å². The number of halogens is 2. The summed E-state index contributed by atoms with van der Waals surface area (Å²) in [5, 5.41) is 1.33. The number of anilines is 1. The molecule has 0 saturated heterocycles. The van der Waals surface area contributed by atoms with Crippen LogP contribution in [0.5, 0.6) is 0 Å². The van der Waals surface area contributed by atoms with Crippen molar-refractivity contribution in [1.29, 1.82) is 0 Å². The van der Waals surface area contributed by atoms with Gasteiger partial charge in [-0.25, -0.2) is 4.98 Å². The van der Waals surface area contributed by atoms with E-state index in [4.69, 9.17) is 16.6 Å². The van der Waals surface area contributed by atoms with Gasteiger partial charge in [-0.3, -0.25) is 9.69 Å². The quantitative estimate of drug-likeness (QED) is 0.325. The minimum absolute atomic E-state index is 0.0980. The highest BCUT2D eigenvalue weighted by Crippen LogP contribution is 2.35. The number of thiazole rings is 1. The second kappa shape index (κ2) is 8.03. The molecule has 0 unspecified atom stereocenters. The average molecular weight is 472 g/mol. The minimum Gasteiger partial charge on any atom is -0.279 e. The highest BCUT2D eigenvalue weighted by Gasteiger charge is 2.23. The molecule has 0 atom stereocenters. The van der Waals surface area contributed by atoms with E-state index < -0.39 is 0 Å². The van der Waals surface area contributed by atoms with E-state index >= 15 is 0 Å². The number of rotatable bonds is 4. The van der Waals surface area contributed by atoms with Crippen LogP contribution in [0, 0.1) is 6.92 Å². The first-order chi connectivity index (χ1) is 13.5. The third-order valence-corrected chi connectivity index (χ3v) is 6.64. The maximum atomic E-state index is 13.4. The molecule has 140 valence electrons. The van der Waals surface area contributed by atoms with Crippen molar-refractivity contribution in [2.24, 2.45) is 0 Å². The molecule has 4 rings (SSSR count). The van der Waals surface area contributed by atoms with Gasteiger partial charge in [-0.05, 0) is 58.2 Å². The van der Waals surface area contributed by atoms with Gasteiger partial charge in [-0.1, -0.05) is 65.4 Å². The molecule has 4 aromatic rings. The van der Waals surface area contributed by atoms with Crippen molar-refractivity contribution in [2.45, 2.75) is 13.5 Å². The molecule has 0 saturated carbocycles. The number of carbonyl (C=O) groups is 1. The Morgan fingerprint density at radius 1 is 1.07 bits per heavy atom. The third-order valence-electron chi connectivity index (χ3n) is 4.50. The Bertz CT molecular complexity index is 1160. The maximum absolute atomic E-state index is 13.4. The maximum Gasteiger partial charge on any atom is 0.261 e. The number of fused-ring (bicyclic) bond motifs is 1. The van der Waals surface area contributed by atoms with E-state index in [1.54, 1.807) is 4.90 Å². The lowest BCUT2D eigenvalue weighted by Gasteiger charge is -2.20. The monoisotopic (exact) mass is 470 g/mol. The molecule has 0 N–H and O–H groups in total. The van der Waals surface area contributed by atoms with Crippen molar-refractivity contribution in [3.05, 3.63) is 92.9 Å². The van der Waals surface area contributed by atoms with Gasteiger partial charge in [0, 0.05) is 9.50 Å². The fourth-order valence-electron chi connectivity index (χ4n) is 2.98. The van der Waals surface area contributed by atoms with Crippen LogP contribution < -0.4 is 4.90 Å². The molecule has 0 aliphatic carbocycles. The van der Waals surface area contributed by atoms with Crippen LogP contribution in [0.3, 0.4) is 0 Å². The van der Waals surface area contributed by atoms with Crippen molar-refractivity contribution in [3.63, 3.8) is 0 Å². The number of benzene rings is 3. The standard InChI is InChI=1S/C22H16BrClN2OS/c1-14-18(24)11-12-19-20(14)25-22(28-19)26(13-15-7-3-2-4-8-15)21(27)16-9-5-6-10-17(16)23/h2-12H,13H2,1H3. The molecule has 28 heavy (non-hydrogen) atoms. The summed E-state index contributed by atoms with van der Waals surface area (Å²) >= 11 is 11.3. The van der Waals surface area contributed by atoms with Gasteiger partial charge in [0.25, 0.3) is 5.91 Å². The molecule has 0 fully saturated rings. The lowest BCUT2D eigenvalue weighted by atomic mass is 10.1. The van der Waals surface area contributed by atoms with E-state index in [1.165, 1.54) is 11.3 Å². The van der Waals surface area contributed by atoms with E-state index in [0.717, 1.165) is 25.8 Å². The van der Waals surface area contributed by atoms with Crippen molar-refractivity contribution in [2.75, 3.05) is 4.90 Å². The number of aromatic nitrogens is 1. The SMILES string of the molecule is Cc1c(Cl)ccc2sc(N(Cc3ccccc3)C(=O)c3ccccc3Br)nc12. The van der Waals surface area contributed by atoms with Crippen molar-refractivity contribution in [3.8, 4) is 0 Å². The fraction of sp³-hybridized carbons (Fsp3) is 0.0909. The predicted molar refractivity (Wildman–Crippen MR) is 120 cm³/mol. The predicted octanol–water partition coefficient (Wildman–Crippen LogP) is 6.87. The molecular weight excluding hydrogens is 456 g/mol. The summed E-state index contributed by atoms with van der Waals surface area (Å²) in [4.78, 5) is 19.9. The topological polar surface area (TPSA) is 33.2 Å². The summed E-state index contributed by atoms with van der Waals surface area (Å²) in [5.74, 6) is -0.0980. The van der Waals surface area contributed by atoms with Gasteiger partial charge in [-0.2, -0.15) is 0 Å². The van der Waals surface area contributed by atoms with Gasteiger partial charge >= 0.3 is 0 Å². The van der Waals surface area contributed by atoms with E-state index in [0.29, 0.717) is 22.3 Å². The second-order valence-corrected chi connectivity index (χ2v) is 8.64. The Labute approximate surface area is 180 Å². The van der Waals surface area contributed by atoms with Crippen LogP contribution in [0.15, 0.2) is 71.2 Å². The van der Waals surface area contributed by atoms with Crippen LogP contribution in [0.2, 0.25) is 5.02 Å². The molecule has 3 nitrogen and oxygen atoms in total. The first-order valence-corrected chi connectivity index (χ1v) is 10.7. The molecule has 6 heteroatoms. The smallest absolute Gasteiger partial charge is 0.261 e. The molecule has 0 aliphatic heterocycles. The Morgan fingerprint density at radius 3 is 2.54 bits per heavy atom. The van der Waals surface area contributed by atoms with Crippen LogP contribution in [0.25, 0.3) is 10.2 Å². The van der Waals surface area contributed by atoms with Gasteiger partial charge in [0.2, 0.25) is 0 Å². The molecule has 0 bridgehead atoms. The molecule has 3 aromatic carbocycles. The molecule has 1 heterocycles.